The fourth-order valence-corrected chi connectivity index (χ4v) is 4.07. The van der Waals surface area contributed by atoms with Gasteiger partial charge < -0.3 is 15.0 Å². The van der Waals surface area contributed by atoms with Gasteiger partial charge in [0.2, 0.25) is 5.95 Å². The predicted octanol–water partition coefficient (Wildman–Crippen LogP) is 5.41. The first kappa shape index (κ1) is 29.1. The van der Waals surface area contributed by atoms with Gasteiger partial charge in [-0.15, -0.1) is 0 Å². The number of piperazine rings is 1. The number of aromatic nitrogens is 3. The summed E-state index contributed by atoms with van der Waals surface area (Å²) in [7, 11) is 0. The minimum Gasteiger partial charge on any atom is -0.454 e. The summed E-state index contributed by atoms with van der Waals surface area (Å²) in [4.78, 5) is 29.0. The lowest BCUT2D eigenvalue weighted by Crippen LogP contribution is -2.50. The average molecular weight is 569 g/mol. The lowest BCUT2D eigenvalue weighted by Gasteiger charge is -2.37. The van der Waals surface area contributed by atoms with Crippen LogP contribution < -0.4 is 10.1 Å². The van der Waals surface area contributed by atoms with Gasteiger partial charge in [0, 0.05) is 49.0 Å². The van der Waals surface area contributed by atoms with Crippen LogP contribution in [0.25, 0.3) is 11.4 Å². The molecule has 1 amide bonds. The third-order valence-electron chi connectivity index (χ3n) is 6.13. The molecule has 1 aliphatic rings. The molecular weight excluding hydrogens is 542 g/mol. The van der Waals surface area contributed by atoms with Gasteiger partial charge in [-0.3, -0.25) is 9.69 Å². The van der Waals surface area contributed by atoms with Crippen LogP contribution in [-0.4, -0.2) is 75.7 Å². The van der Waals surface area contributed by atoms with Gasteiger partial charge in [-0.25, -0.2) is 0 Å². The first-order valence-electron chi connectivity index (χ1n) is 12.3. The molecular formula is C26H26F6N6O2. The zero-order valence-corrected chi connectivity index (χ0v) is 21.6. The van der Waals surface area contributed by atoms with Crippen LogP contribution in [-0.2, 0) is 6.18 Å². The molecule has 0 aliphatic carbocycles. The maximum atomic E-state index is 13.2. The van der Waals surface area contributed by atoms with Crippen LogP contribution in [0.15, 0.2) is 48.5 Å². The topological polar surface area (TPSA) is 83.5 Å². The number of carbonyl (C=O) groups excluding carboxylic acids is 1. The summed E-state index contributed by atoms with van der Waals surface area (Å²) in [6, 6.07) is 10.0. The van der Waals surface area contributed by atoms with Crippen LogP contribution in [0.5, 0.6) is 6.01 Å². The van der Waals surface area contributed by atoms with E-state index in [1.54, 1.807) is 23.1 Å². The molecule has 1 fully saturated rings. The van der Waals surface area contributed by atoms with Crippen molar-refractivity contribution in [3.63, 3.8) is 0 Å². The summed E-state index contributed by atoms with van der Waals surface area (Å²) in [5.74, 6) is -0.709. The largest absolute Gasteiger partial charge is 0.454 e. The van der Waals surface area contributed by atoms with E-state index in [0.29, 0.717) is 24.7 Å². The number of hydrogen-bond donors (Lipinski definition) is 1. The fourth-order valence-electron chi connectivity index (χ4n) is 4.07. The molecule has 1 saturated heterocycles. The van der Waals surface area contributed by atoms with E-state index in [1.165, 1.54) is 12.1 Å². The van der Waals surface area contributed by atoms with Gasteiger partial charge in [0.1, 0.15) is 0 Å². The Morgan fingerprint density at radius 2 is 1.65 bits per heavy atom. The molecule has 0 radical (unpaired) electrons. The first-order chi connectivity index (χ1) is 18.8. The molecule has 0 spiro atoms. The molecule has 14 heteroatoms. The normalized spacial score (nSPS) is 14.9. The van der Waals surface area contributed by atoms with E-state index in [0.717, 1.165) is 31.3 Å². The van der Waals surface area contributed by atoms with Crippen molar-refractivity contribution in [2.75, 3.05) is 38.1 Å². The summed E-state index contributed by atoms with van der Waals surface area (Å²) < 4.78 is 82.5. The number of ether oxygens (including phenoxy) is 1. The van der Waals surface area contributed by atoms with Gasteiger partial charge in [-0.05, 0) is 44.2 Å². The van der Waals surface area contributed by atoms with Gasteiger partial charge in [0.25, 0.3) is 5.91 Å². The van der Waals surface area contributed by atoms with E-state index in [2.05, 4.69) is 39.0 Å². The van der Waals surface area contributed by atoms with Gasteiger partial charge in [0.15, 0.2) is 12.4 Å². The number of alkyl halides is 6. The van der Waals surface area contributed by atoms with Gasteiger partial charge in [0.05, 0.1) is 5.56 Å². The van der Waals surface area contributed by atoms with E-state index in [-0.39, 0.29) is 28.9 Å². The number of rotatable bonds is 7. The smallest absolute Gasteiger partial charge is 0.422 e. The highest BCUT2D eigenvalue weighted by molar-refractivity contribution is 5.95. The zero-order valence-electron chi connectivity index (χ0n) is 21.6. The van der Waals surface area contributed by atoms with Crippen LogP contribution in [0.4, 0.5) is 38.0 Å². The number of anilines is 2. The number of halogens is 6. The van der Waals surface area contributed by atoms with Crippen molar-refractivity contribution in [1.29, 1.82) is 0 Å². The molecule has 214 valence electrons. The minimum atomic E-state index is -4.69. The molecule has 2 aromatic carbocycles. The number of nitrogens with one attached hydrogen (secondary N) is 1. The summed E-state index contributed by atoms with van der Waals surface area (Å²) >= 11 is 0. The maximum Gasteiger partial charge on any atom is 0.422 e. The summed E-state index contributed by atoms with van der Waals surface area (Å²) in [6.07, 6.45) is -9.30. The average Bonchev–Trinajstić information content (AvgIpc) is 2.91. The molecule has 0 atom stereocenters. The maximum absolute atomic E-state index is 13.2. The van der Waals surface area contributed by atoms with Crippen molar-refractivity contribution >= 4 is 17.5 Å². The van der Waals surface area contributed by atoms with Crippen molar-refractivity contribution in [2.24, 2.45) is 0 Å². The Balaban J connectivity index is 1.62. The molecule has 4 rings (SSSR count). The van der Waals surface area contributed by atoms with Crippen molar-refractivity contribution in [3.05, 3.63) is 59.7 Å². The van der Waals surface area contributed by atoms with E-state index in [1.807, 2.05) is 0 Å². The van der Waals surface area contributed by atoms with Crippen LogP contribution in [0.1, 0.15) is 29.8 Å². The highest BCUT2D eigenvalue weighted by atomic mass is 19.4. The number of amides is 1. The molecule has 40 heavy (non-hydrogen) atoms. The van der Waals surface area contributed by atoms with Gasteiger partial charge in [-0.2, -0.15) is 41.3 Å². The van der Waals surface area contributed by atoms with Crippen LogP contribution >= 0.6 is 0 Å². The van der Waals surface area contributed by atoms with Crippen LogP contribution in [0, 0.1) is 0 Å². The van der Waals surface area contributed by atoms with Crippen molar-refractivity contribution < 1.29 is 35.9 Å². The lowest BCUT2D eigenvalue weighted by atomic mass is 10.1. The molecule has 0 bridgehead atoms. The Morgan fingerprint density at radius 3 is 2.30 bits per heavy atom. The van der Waals surface area contributed by atoms with Crippen molar-refractivity contribution in [3.8, 4) is 17.4 Å². The second-order valence-electron chi connectivity index (χ2n) is 9.38. The van der Waals surface area contributed by atoms with E-state index in [9.17, 15) is 31.1 Å². The Bertz CT molecular complexity index is 1340. The van der Waals surface area contributed by atoms with Crippen LogP contribution in [0.2, 0.25) is 0 Å². The first-order valence-corrected chi connectivity index (χ1v) is 12.3. The highest BCUT2D eigenvalue weighted by Gasteiger charge is 2.31. The molecule has 0 saturated carbocycles. The third-order valence-corrected chi connectivity index (χ3v) is 6.13. The standard InChI is InChI=1S/C26H26F6N6O2/c1-16(2)37-9-11-38(12-10-37)22(39)18-6-3-5-17(13-18)21-34-23(36-24(35-21)40-15-25(27,28)29)33-20-8-4-7-19(14-20)26(30,31)32/h3-8,13-14,16H,9-12,15H2,1-2H3,(H,33,34,35,36). The number of carbonyl (C=O) groups is 1. The number of hydrogen-bond acceptors (Lipinski definition) is 7. The zero-order chi connectivity index (χ0) is 29.1. The highest BCUT2D eigenvalue weighted by Crippen LogP contribution is 2.31. The Morgan fingerprint density at radius 1 is 0.950 bits per heavy atom. The number of benzene rings is 2. The predicted molar refractivity (Wildman–Crippen MR) is 134 cm³/mol. The molecule has 0 unspecified atom stereocenters. The third kappa shape index (κ3) is 7.58. The minimum absolute atomic E-state index is 0.0572. The van der Waals surface area contributed by atoms with Gasteiger partial charge >= 0.3 is 18.4 Å². The van der Waals surface area contributed by atoms with E-state index in [4.69, 9.17) is 4.74 Å². The SMILES string of the molecule is CC(C)N1CCN(C(=O)c2cccc(-c3nc(Nc4cccc(C(F)(F)F)c4)nc(OCC(F)(F)F)n3)c2)CC1. The van der Waals surface area contributed by atoms with E-state index >= 15 is 0 Å². The summed E-state index contributed by atoms with van der Waals surface area (Å²) in [5.41, 5.74) is -0.405. The molecule has 1 aromatic heterocycles. The van der Waals surface area contributed by atoms with Gasteiger partial charge in [-0.1, -0.05) is 18.2 Å². The quantitative estimate of drug-likeness (QED) is 0.382. The Hall–Kier alpha value is -3.94. The lowest BCUT2D eigenvalue weighted by molar-refractivity contribution is -0.154. The van der Waals surface area contributed by atoms with Crippen molar-refractivity contribution in [1.82, 2.24) is 24.8 Å². The van der Waals surface area contributed by atoms with Crippen molar-refractivity contribution in [2.45, 2.75) is 32.2 Å². The molecule has 8 nitrogen and oxygen atoms in total. The number of nitrogens with zero attached hydrogens (tertiary/aromatic N) is 5. The fraction of sp³-hybridized carbons (Fsp3) is 0.385. The molecule has 1 aliphatic heterocycles. The van der Waals surface area contributed by atoms with E-state index < -0.39 is 30.5 Å². The monoisotopic (exact) mass is 568 g/mol. The second kappa shape index (κ2) is 11.7. The Labute approximate surface area is 226 Å². The second-order valence-corrected chi connectivity index (χ2v) is 9.38. The molecule has 3 aromatic rings. The Kier molecular flexibility index (Phi) is 8.47. The summed E-state index contributed by atoms with van der Waals surface area (Å²) in [5, 5.41) is 2.56. The molecule has 1 N–H and O–H groups in total. The van der Waals surface area contributed by atoms with Crippen LogP contribution in [0.3, 0.4) is 0 Å². The molecule has 2 heterocycles. The summed E-state index contributed by atoms with van der Waals surface area (Å²) in [6.45, 7) is 4.99.